The summed E-state index contributed by atoms with van der Waals surface area (Å²) in [4.78, 5) is 5.19. The van der Waals surface area contributed by atoms with Gasteiger partial charge in [-0.3, -0.25) is 4.99 Å². The Morgan fingerprint density at radius 3 is 1.90 bits per heavy atom. The molecule has 0 aliphatic heterocycles. The molecule has 0 bridgehead atoms. The fourth-order valence-corrected chi connectivity index (χ4v) is 5.88. The summed E-state index contributed by atoms with van der Waals surface area (Å²) in [6, 6.07) is 43.3. The normalized spacial score (nSPS) is 13.6. The molecule has 1 aliphatic rings. The lowest BCUT2D eigenvalue weighted by atomic mass is 10.0. The molecule has 6 aromatic rings. The molecule has 0 saturated carbocycles. The number of rotatable bonds is 5. The summed E-state index contributed by atoms with van der Waals surface area (Å²) >= 11 is 0. The zero-order valence-electron chi connectivity index (χ0n) is 21.8. The van der Waals surface area contributed by atoms with Gasteiger partial charge in [0, 0.05) is 22.7 Å². The van der Waals surface area contributed by atoms with Crippen LogP contribution in [0.2, 0.25) is 0 Å². The first-order valence-corrected chi connectivity index (χ1v) is 13.5. The van der Waals surface area contributed by atoms with Crippen LogP contribution in [0.3, 0.4) is 0 Å². The van der Waals surface area contributed by atoms with E-state index in [9.17, 15) is 0 Å². The Kier molecular flexibility index (Phi) is 5.79. The summed E-state index contributed by atoms with van der Waals surface area (Å²) in [7, 11) is 0. The highest BCUT2D eigenvalue weighted by atomic mass is 15.0. The molecule has 39 heavy (non-hydrogen) atoms. The Morgan fingerprint density at radius 1 is 0.667 bits per heavy atom. The Bertz CT molecular complexity index is 1830. The predicted molar refractivity (Wildman–Crippen MR) is 166 cm³/mol. The van der Waals surface area contributed by atoms with Gasteiger partial charge in [-0.2, -0.15) is 0 Å². The van der Waals surface area contributed by atoms with E-state index in [2.05, 4.69) is 150 Å². The fourth-order valence-electron chi connectivity index (χ4n) is 5.88. The third-order valence-electron chi connectivity index (χ3n) is 7.65. The average Bonchev–Trinajstić information content (AvgIpc) is 3.50. The standard InChI is InChI=1S/C37H28N2/c1-2-3-13-27(25-38-37-33-20-6-4-16-29(33)30-17-5-7-21-34(30)37)26-14-12-15-28(24-26)39-35-22-10-8-18-31(35)32-19-9-11-23-36(32)39/h2-25,37H,1H3/b3-2-,27-13+,38-25+. The van der Waals surface area contributed by atoms with Gasteiger partial charge in [0.1, 0.15) is 6.04 Å². The van der Waals surface area contributed by atoms with Gasteiger partial charge in [0.2, 0.25) is 0 Å². The SMILES string of the molecule is C\C=C/C=C(\C=N\C1c2ccccc2-c2ccccc21)c1cccc(-n2c3ccccc3c3ccccc32)c1. The number of aromatic nitrogens is 1. The Hall–Kier alpha value is -4.95. The number of para-hydroxylation sites is 2. The van der Waals surface area contributed by atoms with Gasteiger partial charge in [0.25, 0.3) is 0 Å². The number of benzene rings is 5. The highest BCUT2D eigenvalue weighted by molar-refractivity contribution is 6.11. The molecule has 2 nitrogen and oxygen atoms in total. The second-order valence-electron chi connectivity index (χ2n) is 9.92. The molecule has 0 unspecified atom stereocenters. The molecule has 5 aromatic carbocycles. The molecule has 1 aromatic heterocycles. The smallest absolute Gasteiger partial charge is 0.101 e. The zero-order chi connectivity index (χ0) is 26.2. The zero-order valence-corrected chi connectivity index (χ0v) is 21.8. The summed E-state index contributed by atoms with van der Waals surface area (Å²) in [5, 5.41) is 2.53. The van der Waals surface area contributed by atoms with Crippen LogP contribution in [0.5, 0.6) is 0 Å². The van der Waals surface area contributed by atoms with Crippen LogP contribution in [0.4, 0.5) is 0 Å². The molecule has 7 rings (SSSR count). The molecule has 186 valence electrons. The first-order valence-electron chi connectivity index (χ1n) is 13.5. The van der Waals surface area contributed by atoms with E-state index in [1.165, 1.54) is 44.1 Å². The summed E-state index contributed by atoms with van der Waals surface area (Å²) in [5.74, 6) is 0. The predicted octanol–water partition coefficient (Wildman–Crippen LogP) is 9.58. The molecule has 2 heteroatoms. The van der Waals surface area contributed by atoms with Gasteiger partial charge < -0.3 is 4.57 Å². The molecule has 1 heterocycles. The van der Waals surface area contributed by atoms with Gasteiger partial charge in [0.05, 0.1) is 11.0 Å². The van der Waals surface area contributed by atoms with Crippen LogP contribution in [0.1, 0.15) is 29.7 Å². The van der Waals surface area contributed by atoms with Crippen molar-refractivity contribution in [1.82, 2.24) is 4.57 Å². The highest BCUT2D eigenvalue weighted by Gasteiger charge is 2.27. The van der Waals surface area contributed by atoms with Crippen LogP contribution in [0, 0.1) is 0 Å². The van der Waals surface area contributed by atoms with Gasteiger partial charge in [-0.25, -0.2) is 0 Å². The van der Waals surface area contributed by atoms with E-state index in [4.69, 9.17) is 4.99 Å². The Balaban J connectivity index is 1.34. The topological polar surface area (TPSA) is 17.3 Å². The molecule has 1 aliphatic carbocycles. The maximum Gasteiger partial charge on any atom is 0.101 e. The lowest BCUT2D eigenvalue weighted by Crippen LogP contribution is -1.97. The van der Waals surface area contributed by atoms with Crippen LogP contribution in [-0.2, 0) is 0 Å². The van der Waals surface area contributed by atoms with E-state index >= 15 is 0 Å². The number of hydrogen-bond acceptors (Lipinski definition) is 1. The molecular formula is C37H28N2. The third kappa shape index (κ3) is 3.93. The minimum atomic E-state index is -0.00748. The second kappa shape index (κ2) is 9.74. The van der Waals surface area contributed by atoms with Crippen LogP contribution in [-0.4, -0.2) is 10.8 Å². The number of allylic oxidation sites excluding steroid dienone is 4. The van der Waals surface area contributed by atoms with Gasteiger partial charge in [-0.15, -0.1) is 0 Å². The number of hydrogen-bond donors (Lipinski definition) is 0. The highest BCUT2D eigenvalue weighted by Crippen LogP contribution is 2.45. The molecular weight excluding hydrogens is 472 g/mol. The molecule has 0 saturated heterocycles. The van der Waals surface area contributed by atoms with Gasteiger partial charge in [0.15, 0.2) is 0 Å². The maximum atomic E-state index is 5.19. The first-order chi connectivity index (χ1) is 19.3. The molecule has 0 fully saturated rings. The van der Waals surface area contributed by atoms with Crippen molar-refractivity contribution in [2.24, 2.45) is 4.99 Å². The summed E-state index contributed by atoms with van der Waals surface area (Å²) in [5.41, 5.74) is 10.9. The number of aliphatic imine (C=N–C) groups is 1. The number of fused-ring (bicyclic) bond motifs is 6. The van der Waals surface area contributed by atoms with Crippen molar-refractivity contribution < 1.29 is 0 Å². The average molecular weight is 501 g/mol. The fraction of sp³-hybridized carbons (Fsp3) is 0.0541. The van der Waals surface area contributed by atoms with E-state index in [1.54, 1.807) is 0 Å². The van der Waals surface area contributed by atoms with Crippen LogP contribution < -0.4 is 0 Å². The lowest BCUT2D eigenvalue weighted by Gasteiger charge is -2.12. The second-order valence-corrected chi connectivity index (χ2v) is 9.92. The maximum absolute atomic E-state index is 5.19. The molecule has 0 spiro atoms. The van der Waals surface area contributed by atoms with Gasteiger partial charge in [-0.1, -0.05) is 115 Å². The van der Waals surface area contributed by atoms with Gasteiger partial charge >= 0.3 is 0 Å². The van der Waals surface area contributed by atoms with E-state index in [1.807, 2.05) is 6.92 Å². The number of nitrogens with zero attached hydrogens (tertiary/aromatic N) is 2. The molecule has 0 atom stereocenters. The van der Waals surface area contributed by atoms with Crippen molar-refractivity contribution in [2.45, 2.75) is 13.0 Å². The van der Waals surface area contributed by atoms with Crippen molar-refractivity contribution in [1.29, 1.82) is 0 Å². The largest absolute Gasteiger partial charge is 0.309 e. The molecule has 0 N–H and O–H groups in total. The van der Waals surface area contributed by atoms with Crippen molar-refractivity contribution in [2.75, 3.05) is 0 Å². The summed E-state index contributed by atoms with van der Waals surface area (Å²) in [6.07, 6.45) is 8.35. The van der Waals surface area contributed by atoms with Gasteiger partial charge in [-0.05, 0) is 64.6 Å². The van der Waals surface area contributed by atoms with E-state index in [0.29, 0.717) is 0 Å². The van der Waals surface area contributed by atoms with Crippen molar-refractivity contribution >= 4 is 33.6 Å². The van der Waals surface area contributed by atoms with Crippen molar-refractivity contribution in [3.8, 4) is 16.8 Å². The van der Waals surface area contributed by atoms with Crippen molar-refractivity contribution in [3.05, 3.63) is 156 Å². The van der Waals surface area contributed by atoms with E-state index < -0.39 is 0 Å². The van der Waals surface area contributed by atoms with Crippen LogP contribution >= 0.6 is 0 Å². The summed E-state index contributed by atoms with van der Waals surface area (Å²) in [6.45, 7) is 2.04. The van der Waals surface area contributed by atoms with E-state index in [-0.39, 0.29) is 6.04 Å². The van der Waals surface area contributed by atoms with Crippen molar-refractivity contribution in [3.63, 3.8) is 0 Å². The summed E-state index contributed by atoms with van der Waals surface area (Å²) < 4.78 is 2.36. The molecule has 0 radical (unpaired) electrons. The third-order valence-corrected chi connectivity index (χ3v) is 7.65. The quantitative estimate of drug-likeness (QED) is 0.166. The first kappa shape index (κ1) is 23.2. The minimum absolute atomic E-state index is 0.00748. The van der Waals surface area contributed by atoms with Crippen LogP contribution in [0.25, 0.3) is 44.2 Å². The van der Waals surface area contributed by atoms with E-state index in [0.717, 1.165) is 16.8 Å². The van der Waals surface area contributed by atoms with Crippen LogP contribution in [0.15, 0.2) is 145 Å². The lowest BCUT2D eigenvalue weighted by molar-refractivity contribution is 0.909. The monoisotopic (exact) mass is 500 g/mol. The molecule has 0 amide bonds. The Morgan fingerprint density at radius 2 is 1.26 bits per heavy atom. The Labute approximate surface area is 228 Å². The minimum Gasteiger partial charge on any atom is -0.309 e.